The van der Waals surface area contributed by atoms with Crippen LogP contribution in [0.4, 0.5) is 32.0 Å². The van der Waals surface area contributed by atoms with Gasteiger partial charge in [-0.3, -0.25) is 0 Å². The first kappa shape index (κ1) is 16.0. The van der Waals surface area contributed by atoms with Crippen LogP contribution in [0.1, 0.15) is 5.56 Å². The van der Waals surface area contributed by atoms with E-state index in [2.05, 4.69) is 4.74 Å². The summed E-state index contributed by atoms with van der Waals surface area (Å²) in [5, 5.41) is 10.8. The van der Waals surface area contributed by atoms with Crippen molar-refractivity contribution in [1.29, 1.82) is 0 Å². The highest BCUT2D eigenvalue weighted by atomic mass is 19.4. The van der Waals surface area contributed by atoms with Gasteiger partial charge in [0.05, 0.1) is 5.57 Å². The van der Waals surface area contributed by atoms with Crippen molar-refractivity contribution in [3.05, 3.63) is 29.3 Å². The van der Waals surface area contributed by atoms with Gasteiger partial charge in [-0.1, -0.05) is 0 Å². The summed E-state index contributed by atoms with van der Waals surface area (Å²) in [5.41, 5.74) is -1.33. The van der Waals surface area contributed by atoms with Crippen LogP contribution in [0.25, 0.3) is 6.08 Å². The lowest BCUT2D eigenvalue weighted by molar-refractivity contribution is -0.274. The number of carbonyl (C=O) groups is 1. The Morgan fingerprint density at radius 2 is 1.82 bits per heavy atom. The number of benzene rings is 1. The highest BCUT2D eigenvalue weighted by Crippen LogP contribution is 2.37. The van der Waals surface area contributed by atoms with Gasteiger partial charge in [-0.15, -0.1) is 13.2 Å². The predicted octanol–water partition coefficient (Wildman–Crippen LogP) is 3.41. The predicted molar refractivity (Wildman–Crippen MR) is 62.2 cm³/mol. The van der Waals surface area contributed by atoms with E-state index in [-0.39, 0.29) is 11.3 Å². The number of hydrogen-bond donors (Lipinski definition) is 2. The summed E-state index contributed by atoms with van der Waals surface area (Å²) in [6, 6.07) is 0.119. The molecule has 1 aliphatic heterocycles. The molecule has 2 rings (SSSR count). The highest BCUT2D eigenvalue weighted by molar-refractivity contribution is 5.97. The van der Waals surface area contributed by atoms with E-state index in [4.69, 9.17) is 5.11 Å². The standard InChI is InChI=1S/C12H7F6NO3/c13-11(14,15)9-7(10(20)21)4-5-3-6(22-12(16,17)18)1-2-8(5)19-9/h1-4,9,19H,(H,20,21)/t9-/m0/s1. The molecule has 1 aromatic carbocycles. The Morgan fingerprint density at radius 1 is 1.18 bits per heavy atom. The minimum atomic E-state index is -4.97. The number of carboxylic acids is 1. The minimum Gasteiger partial charge on any atom is -0.478 e. The van der Waals surface area contributed by atoms with Gasteiger partial charge in [-0.05, 0) is 24.3 Å². The molecule has 0 saturated heterocycles. The van der Waals surface area contributed by atoms with Crippen LogP contribution in [0.3, 0.4) is 0 Å². The summed E-state index contributed by atoms with van der Waals surface area (Å²) in [6.07, 6.45) is -9.18. The summed E-state index contributed by atoms with van der Waals surface area (Å²) in [7, 11) is 0. The van der Waals surface area contributed by atoms with Crippen molar-refractivity contribution in [3.63, 3.8) is 0 Å². The lowest BCUT2D eigenvalue weighted by Gasteiger charge is -2.28. The molecule has 1 aromatic rings. The van der Waals surface area contributed by atoms with E-state index in [1.54, 1.807) is 0 Å². The van der Waals surface area contributed by atoms with Crippen LogP contribution in [-0.4, -0.2) is 29.7 Å². The molecule has 0 unspecified atom stereocenters. The van der Waals surface area contributed by atoms with Gasteiger partial charge in [0.2, 0.25) is 0 Å². The normalized spacial score (nSPS) is 18.1. The molecule has 4 nitrogen and oxygen atoms in total. The number of halogens is 6. The molecule has 10 heteroatoms. The molecular weight excluding hydrogens is 320 g/mol. The van der Waals surface area contributed by atoms with Crippen molar-refractivity contribution in [1.82, 2.24) is 0 Å². The van der Waals surface area contributed by atoms with Crippen molar-refractivity contribution >= 4 is 17.7 Å². The topological polar surface area (TPSA) is 58.6 Å². The van der Waals surface area contributed by atoms with Crippen molar-refractivity contribution < 1.29 is 41.0 Å². The fourth-order valence-electron chi connectivity index (χ4n) is 1.92. The molecule has 2 N–H and O–H groups in total. The second kappa shape index (κ2) is 5.11. The van der Waals surface area contributed by atoms with Gasteiger partial charge in [0, 0.05) is 11.3 Å². The molecular formula is C12H7F6NO3. The lowest BCUT2D eigenvalue weighted by Crippen LogP contribution is -2.41. The number of rotatable bonds is 2. The average Bonchev–Trinajstić information content (AvgIpc) is 2.33. The number of alkyl halides is 6. The van der Waals surface area contributed by atoms with Crippen LogP contribution >= 0.6 is 0 Å². The van der Waals surface area contributed by atoms with Gasteiger partial charge >= 0.3 is 18.5 Å². The molecule has 0 aromatic heterocycles. The van der Waals surface area contributed by atoms with E-state index < -0.39 is 35.9 Å². The first-order valence-electron chi connectivity index (χ1n) is 5.65. The van der Waals surface area contributed by atoms with E-state index in [1.807, 2.05) is 5.32 Å². The molecule has 0 saturated carbocycles. The third-order valence-corrected chi connectivity index (χ3v) is 2.75. The third-order valence-electron chi connectivity index (χ3n) is 2.75. The van der Waals surface area contributed by atoms with E-state index in [9.17, 15) is 31.1 Å². The van der Waals surface area contributed by atoms with E-state index in [1.165, 1.54) is 0 Å². The molecule has 0 bridgehead atoms. The Bertz CT molecular complexity index is 635. The molecule has 0 spiro atoms. The number of nitrogens with one attached hydrogen (secondary N) is 1. The molecule has 1 aliphatic rings. The van der Waals surface area contributed by atoms with Gasteiger partial charge in [0.25, 0.3) is 0 Å². The Balaban J connectivity index is 2.43. The maximum Gasteiger partial charge on any atom is 0.573 e. The molecule has 1 atom stereocenters. The first-order valence-corrected chi connectivity index (χ1v) is 5.65. The van der Waals surface area contributed by atoms with Crippen LogP contribution in [-0.2, 0) is 4.79 Å². The van der Waals surface area contributed by atoms with Crippen molar-refractivity contribution in [2.24, 2.45) is 0 Å². The summed E-state index contributed by atoms with van der Waals surface area (Å²) < 4.78 is 78.4. The summed E-state index contributed by atoms with van der Waals surface area (Å²) >= 11 is 0. The maximum absolute atomic E-state index is 12.8. The van der Waals surface area contributed by atoms with Crippen molar-refractivity contribution in [2.45, 2.75) is 18.6 Å². The number of aliphatic carboxylic acids is 1. The van der Waals surface area contributed by atoms with Crippen LogP contribution in [0.15, 0.2) is 23.8 Å². The van der Waals surface area contributed by atoms with Crippen LogP contribution in [0, 0.1) is 0 Å². The maximum atomic E-state index is 12.8. The molecule has 1 heterocycles. The van der Waals surface area contributed by atoms with E-state index >= 15 is 0 Å². The zero-order chi connectivity index (χ0) is 16.7. The highest BCUT2D eigenvalue weighted by Gasteiger charge is 2.46. The van der Waals surface area contributed by atoms with Gasteiger partial charge in [-0.2, -0.15) is 13.2 Å². The number of carboxylic acid groups (broad SMARTS) is 1. The van der Waals surface area contributed by atoms with Crippen LogP contribution < -0.4 is 10.1 Å². The van der Waals surface area contributed by atoms with Gasteiger partial charge < -0.3 is 15.2 Å². The number of anilines is 1. The van der Waals surface area contributed by atoms with Gasteiger partial charge in [-0.25, -0.2) is 4.79 Å². The van der Waals surface area contributed by atoms with E-state index in [0.29, 0.717) is 6.08 Å². The Kier molecular flexibility index (Phi) is 3.71. The number of ether oxygens (including phenoxy) is 1. The average molecular weight is 327 g/mol. The zero-order valence-electron chi connectivity index (χ0n) is 10.4. The number of fused-ring (bicyclic) bond motifs is 1. The molecule has 0 aliphatic carbocycles. The molecule has 0 radical (unpaired) electrons. The summed E-state index contributed by atoms with van der Waals surface area (Å²) in [6.45, 7) is 0. The SMILES string of the molecule is O=C(O)C1=Cc2cc(OC(F)(F)F)ccc2N[C@@H]1C(F)(F)F. The van der Waals surface area contributed by atoms with Gasteiger partial charge in [0.15, 0.2) is 6.04 Å². The van der Waals surface area contributed by atoms with Crippen LogP contribution in [0.5, 0.6) is 5.75 Å². The van der Waals surface area contributed by atoms with E-state index in [0.717, 1.165) is 18.2 Å². The quantitative estimate of drug-likeness (QED) is 0.818. The van der Waals surface area contributed by atoms with Crippen molar-refractivity contribution in [3.8, 4) is 5.75 Å². The minimum absolute atomic E-state index is 0.151. The van der Waals surface area contributed by atoms with Crippen molar-refractivity contribution in [2.75, 3.05) is 5.32 Å². The fraction of sp³-hybridized carbons (Fsp3) is 0.250. The number of hydrogen-bond acceptors (Lipinski definition) is 3. The second-order valence-electron chi connectivity index (χ2n) is 4.32. The molecule has 0 amide bonds. The fourth-order valence-corrected chi connectivity index (χ4v) is 1.92. The smallest absolute Gasteiger partial charge is 0.478 e. The second-order valence-corrected chi connectivity index (χ2v) is 4.32. The summed E-state index contributed by atoms with van der Waals surface area (Å²) in [4.78, 5) is 10.9. The Labute approximate surface area is 119 Å². The summed E-state index contributed by atoms with van der Waals surface area (Å²) in [5.74, 6) is -2.50. The third kappa shape index (κ3) is 3.43. The Morgan fingerprint density at radius 3 is 2.32 bits per heavy atom. The monoisotopic (exact) mass is 327 g/mol. The first-order chi connectivity index (χ1) is 9.97. The van der Waals surface area contributed by atoms with Crippen LogP contribution in [0.2, 0.25) is 0 Å². The molecule has 22 heavy (non-hydrogen) atoms. The molecule has 120 valence electrons. The zero-order valence-corrected chi connectivity index (χ0v) is 10.4. The molecule has 0 fully saturated rings. The largest absolute Gasteiger partial charge is 0.573 e. The lowest BCUT2D eigenvalue weighted by atomic mass is 9.97. The van der Waals surface area contributed by atoms with Gasteiger partial charge in [0.1, 0.15) is 5.75 Å². The Hall–Kier alpha value is -2.39.